The summed E-state index contributed by atoms with van der Waals surface area (Å²) in [5, 5.41) is 4.49. The number of nitrogens with one attached hydrogen (secondary N) is 1. The minimum atomic E-state index is 0.847. The molecule has 1 aromatic heterocycles. The highest BCUT2D eigenvalue weighted by Gasteiger charge is 2.11. The molecule has 0 spiro atoms. The molecular formula is C15H19N3O. The largest absolute Gasteiger partial charge is 0.494 e. The predicted octanol–water partition coefficient (Wildman–Crippen LogP) is 1.65. The third kappa shape index (κ3) is 2.69. The van der Waals surface area contributed by atoms with E-state index in [9.17, 15) is 0 Å². The van der Waals surface area contributed by atoms with Gasteiger partial charge in [-0.05, 0) is 12.1 Å². The van der Waals surface area contributed by atoms with Crippen LogP contribution in [0.5, 0.6) is 5.75 Å². The molecule has 19 heavy (non-hydrogen) atoms. The van der Waals surface area contributed by atoms with Gasteiger partial charge in [-0.15, -0.1) is 0 Å². The topological polar surface area (TPSA) is 37.4 Å². The van der Waals surface area contributed by atoms with Gasteiger partial charge in [0.1, 0.15) is 11.3 Å². The van der Waals surface area contributed by atoms with Crippen LogP contribution in [0.3, 0.4) is 0 Å². The van der Waals surface area contributed by atoms with E-state index < -0.39 is 0 Å². The molecule has 0 bridgehead atoms. The molecule has 3 rings (SSSR count). The van der Waals surface area contributed by atoms with Crippen LogP contribution in [0.1, 0.15) is 5.69 Å². The predicted molar refractivity (Wildman–Crippen MR) is 76.4 cm³/mol. The monoisotopic (exact) mass is 257 g/mol. The Morgan fingerprint density at radius 3 is 2.84 bits per heavy atom. The number of hydrogen-bond donors (Lipinski definition) is 1. The lowest BCUT2D eigenvalue weighted by molar-refractivity contribution is 0.231. The number of hydrogen-bond acceptors (Lipinski definition) is 4. The molecule has 0 amide bonds. The number of fused-ring (bicyclic) bond motifs is 1. The molecule has 2 heterocycles. The lowest BCUT2D eigenvalue weighted by Gasteiger charge is -2.26. The van der Waals surface area contributed by atoms with Gasteiger partial charge in [0.05, 0.1) is 12.8 Å². The molecular weight excluding hydrogens is 238 g/mol. The highest BCUT2D eigenvalue weighted by molar-refractivity contribution is 5.84. The van der Waals surface area contributed by atoms with Crippen LogP contribution in [-0.4, -0.2) is 43.2 Å². The normalized spacial score (nSPS) is 16.7. The van der Waals surface area contributed by atoms with Gasteiger partial charge in [0.25, 0.3) is 0 Å². The molecule has 1 saturated heterocycles. The summed E-state index contributed by atoms with van der Waals surface area (Å²) in [5.74, 6) is 0.847. The quantitative estimate of drug-likeness (QED) is 0.907. The van der Waals surface area contributed by atoms with Gasteiger partial charge in [0, 0.05) is 38.1 Å². The first-order valence-electron chi connectivity index (χ1n) is 6.72. The smallest absolute Gasteiger partial charge is 0.145 e. The summed E-state index contributed by atoms with van der Waals surface area (Å²) in [6, 6.07) is 10.3. The van der Waals surface area contributed by atoms with Crippen LogP contribution in [0.2, 0.25) is 0 Å². The van der Waals surface area contributed by atoms with Crippen molar-refractivity contribution in [3.8, 4) is 5.75 Å². The molecule has 1 fully saturated rings. The molecule has 1 aromatic carbocycles. The van der Waals surface area contributed by atoms with E-state index in [4.69, 9.17) is 9.72 Å². The zero-order valence-electron chi connectivity index (χ0n) is 11.2. The van der Waals surface area contributed by atoms with Gasteiger partial charge in [-0.2, -0.15) is 0 Å². The Morgan fingerprint density at radius 2 is 2.05 bits per heavy atom. The summed E-state index contributed by atoms with van der Waals surface area (Å²) in [5.41, 5.74) is 2.07. The lowest BCUT2D eigenvalue weighted by atomic mass is 10.2. The first-order valence-corrected chi connectivity index (χ1v) is 6.72. The SMILES string of the molecule is COc1cccc2ccc(CN3CCNCC3)nc12. The molecule has 100 valence electrons. The summed E-state index contributed by atoms with van der Waals surface area (Å²) < 4.78 is 5.39. The average Bonchev–Trinajstić information content (AvgIpc) is 2.47. The Balaban J connectivity index is 1.87. The molecule has 4 heteroatoms. The van der Waals surface area contributed by atoms with E-state index in [0.29, 0.717) is 0 Å². The fourth-order valence-corrected chi connectivity index (χ4v) is 2.51. The molecule has 1 aliphatic heterocycles. The van der Waals surface area contributed by atoms with Crippen molar-refractivity contribution in [2.75, 3.05) is 33.3 Å². The van der Waals surface area contributed by atoms with E-state index in [0.717, 1.165) is 55.1 Å². The van der Waals surface area contributed by atoms with E-state index in [-0.39, 0.29) is 0 Å². The second kappa shape index (κ2) is 5.55. The molecule has 2 aromatic rings. The first-order chi connectivity index (χ1) is 9.36. The number of nitrogens with zero attached hydrogens (tertiary/aromatic N) is 2. The van der Waals surface area contributed by atoms with Gasteiger partial charge in [0.2, 0.25) is 0 Å². The van der Waals surface area contributed by atoms with Crippen LogP contribution in [0.25, 0.3) is 10.9 Å². The van der Waals surface area contributed by atoms with Gasteiger partial charge in [-0.1, -0.05) is 18.2 Å². The van der Waals surface area contributed by atoms with Crippen molar-refractivity contribution in [2.45, 2.75) is 6.54 Å². The van der Waals surface area contributed by atoms with Crippen LogP contribution in [-0.2, 0) is 6.54 Å². The fraction of sp³-hybridized carbons (Fsp3) is 0.400. The second-order valence-electron chi connectivity index (χ2n) is 4.86. The maximum absolute atomic E-state index is 5.39. The van der Waals surface area contributed by atoms with Gasteiger partial charge >= 0.3 is 0 Å². The number of pyridine rings is 1. The number of benzene rings is 1. The summed E-state index contributed by atoms with van der Waals surface area (Å²) in [7, 11) is 1.69. The summed E-state index contributed by atoms with van der Waals surface area (Å²) in [4.78, 5) is 7.18. The number of ether oxygens (including phenoxy) is 1. The lowest BCUT2D eigenvalue weighted by Crippen LogP contribution is -2.43. The minimum Gasteiger partial charge on any atom is -0.494 e. The number of aromatic nitrogens is 1. The van der Waals surface area contributed by atoms with Gasteiger partial charge in [-0.3, -0.25) is 4.90 Å². The molecule has 0 atom stereocenters. The zero-order chi connectivity index (χ0) is 13.1. The van der Waals surface area contributed by atoms with Crippen molar-refractivity contribution in [1.82, 2.24) is 15.2 Å². The van der Waals surface area contributed by atoms with E-state index in [1.54, 1.807) is 7.11 Å². The summed E-state index contributed by atoms with van der Waals surface area (Å²) in [6.45, 7) is 5.22. The van der Waals surface area contributed by atoms with Crippen LogP contribution < -0.4 is 10.1 Å². The Labute approximate surface area is 113 Å². The Morgan fingerprint density at radius 1 is 1.21 bits per heavy atom. The standard InChI is InChI=1S/C15H19N3O/c1-19-14-4-2-3-12-5-6-13(17-15(12)14)11-18-9-7-16-8-10-18/h2-6,16H,7-11H2,1H3. The maximum atomic E-state index is 5.39. The fourth-order valence-electron chi connectivity index (χ4n) is 2.51. The van der Waals surface area contributed by atoms with Gasteiger partial charge in [-0.25, -0.2) is 4.98 Å². The van der Waals surface area contributed by atoms with Crippen LogP contribution >= 0.6 is 0 Å². The van der Waals surface area contributed by atoms with Crippen LogP contribution in [0.4, 0.5) is 0 Å². The molecule has 0 unspecified atom stereocenters. The second-order valence-corrected chi connectivity index (χ2v) is 4.86. The van der Waals surface area contributed by atoms with Crippen molar-refractivity contribution < 1.29 is 4.74 Å². The third-order valence-electron chi connectivity index (χ3n) is 3.56. The Kier molecular flexibility index (Phi) is 3.62. The average molecular weight is 257 g/mol. The van der Waals surface area contributed by atoms with Crippen LogP contribution in [0, 0.1) is 0 Å². The Bertz CT molecular complexity index is 564. The van der Waals surface area contributed by atoms with Crippen molar-refractivity contribution in [2.24, 2.45) is 0 Å². The minimum absolute atomic E-state index is 0.847. The molecule has 0 radical (unpaired) electrons. The number of rotatable bonds is 3. The highest BCUT2D eigenvalue weighted by Crippen LogP contribution is 2.23. The molecule has 1 N–H and O–H groups in total. The maximum Gasteiger partial charge on any atom is 0.145 e. The molecule has 0 aliphatic carbocycles. The van der Waals surface area contributed by atoms with E-state index in [2.05, 4.69) is 28.4 Å². The highest BCUT2D eigenvalue weighted by atomic mass is 16.5. The zero-order valence-corrected chi connectivity index (χ0v) is 11.2. The van der Waals surface area contributed by atoms with Crippen molar-refractivity contribution >= 4 is 10.9 Å². The van der Waals surface area contributed by atoms with Gasteiger partial charge in [0.15, 0.2) is 0 Å². The third-order valence-corrected chi connectivity index (χ3v) is 3.56. The first kappa shape index (κ1) is 12.4. The van der Waals surface area contributed by atoms with Gasteiger partial charge < -0.3 is 10.1 Å². The summed E-state index contributed by atoms with van der Waals surface area (Å²) in [6.07, 6.45) is 0. The van der Waals surface area contributed by atoms with Crippen LogP contribution in [0.15, 0.2) is 30.3 Å². The van der Waals surface area contributed by atoms with E-state index >= 15 is 0 Å². The van der Waals surface area contributed by atoms with E-state index in [1.165, 1.54) is 0 Å². The molecule has 0 saturated carbocycles. The number of para-hydroxylation sites is 1. The molecule has 1 aliphatic rings. The van der Waals surface area contributed by atoms with E-state index in [1.807, 2.05) is 12.1 Å². The van der Waals surface area contributed by atoms with Crippen molar-refractivity contribution in [3.05, 3.63) is 36.0 Å². The number of piperazine rings is 1. The Hall–Kier alpha value is -1.65. The summed E-state index contributed by atoms with van der Waals surface area (Å²) >= 11 is 0. The van der Waals surface area contributed by atoms with Crippen molar-refractivity contribution in [3.63, 3.8) is 0 Å². The molecule has 4 nitrogen and oxygen atoms in total. The number of methoxy groups -OCH3 is 1. The van der Waals surface area contributed by atoms with Crippen molar-refractivity contribution in [1.29, 1.82) is 0 Å².